The molecule has 0 aliphatic carbocycles. The van der Waals surface area contributed by atoms with Gasteiger partial charge in [0.05, 0.1) is 22.4 Å². The first-order valence-corrected chi connectivity index (χ1v) is 12.5. The third-order valence-electron chi connectivity index (χ3n) is 7.27. The van der Waals surface area contributed by atoms with E-state index in [1.54, 1.807) is 6.07 Å². The van der Waals surface area contributed by atoms with Gasteiger partial charge in [0.1, 0.15) is 5.76 Å². The van der Waals surface area contributed by atoms with E-state index in [-0.39, 0.29) is 5.91 Å². The van der Waals surface area contributed by atoms with Crippen LogP contribution in [0, 0.1) is 11.8 Å². The maximum atomic E-state index is 13.1. The summed E-state index contributed by atoms with van der Waals surface area (Å²) in [5.74, 6) is 2.61. The molecule has 1 aromatic heterocycles. The fourth-order valence-electron chi connectivity index (χ4n) is 3.97. The van der Waals surface area contributed by atoms with Crippen LogP contribution in [0.1, 0.15) is 79.8 Å². The van der Waals surface area contributed by atoms with Gasteiger partial charge in [-0.3, -0.25) is 15.0 Å². The molecule has 192 valence electrons. The van der Waals surface area contributed by atoms with Crippen LogP contribution in [-0.2, 0) is 19.7 Å². The van der Waals surface area contributed by atoms with Crippen LogP contribution >= 0.6 is 0 Å². The second-order valence-electron chi connectivity index (χ2n) is 10.5. The smallest absolute Gasteiger partial charge is 0.246 e. The second-order valence-corrected chi connectivity index (χ2v) is 10.5. The van der Waals surface area contributed by atoms with Crippen molar-refractivity contribution >= 4 is 11.8 Å². The monoisotopic (exact) mass is 475 g/mol. The van der Waals surface area contributed by atoms with E-state index in [0.29, 0.717) is 29.2 Å². The van der Waals surface area contributed by atoms with Crippen molar-refractivity contribution in [3.8, 4) is 0 Å². The maximum absolute atomic E-state index is 13.1. The van der Waals surface area contributed by atoms with E-state index in [1.807, 2.05) is 41.7 Å². The number of ether oxygens (including phenoxy) is 2. The van der Waals surface area contributed by atoms with Gasteiger partial charge < -0.3 is 14.0 Å². The molecule has 1 aliphatic rings. The fourth-order valence-corrected chi connectivity index (χ4v) is 3.97. The number of hydrogen-bond acceptors (Lipinski definition) is 6. The predicted octanol–water partition coefficient (Wildman–Crippen LogP) is 5.90. The van der Waals surface area contributed by atoms with Crippen molar-refractivity contribution < 1.29 is 18.8 Å². The molecule has 1 N–H and O–H groups in total. The first kappa shape index (κ1) is 28.1. The molecule has 0 saturated carbocycles. The molecular weight excluding hydrogens is 430 g/mol. The zero-order valence-electron chi connectivity index (χ0n) is 22.5. The Balaban J connectivity index is 2.02. The summed E-state index contributed by atoms with van der Waals surface area (Å²) in [6.07, 6.45) is 6.34. The van der Waals surface area contributed by atoms with E-state index < -0.39 is 11.0 Å². The summed E-state index contributed by atoms with van der Waals surface area (Å²) in [5, 5.41) is 7.10. The minimum atomic E-state index is -0.704. The van der Waals surface area contributed by atoms with Crippen molar-refractivity contribution in [2.45, 2.75) is 85.1 Å². The zero-order valence-corrected chi connectivity index (χ0v) is 22.5. The molecule has 1 aromatic rings. The molecule has 1 fully saturated rings. The first-order valence-electron chi connectivity index (χ1n) is 12.5. The molecule has 2 rings (SSSR count). The van der Waals surface area contributed by atoms with Gasteiger partial charge in [-0.05, 0) is 85.3 Å². The van der Waals surface area contributed by atoms with Crippen LogP contribution in [-0.4, -0.2) is 48.3 Å². The van der Waals surface area contributed by atoms with E-state index in [9.17, 15) is 4.79 Å². The molecular formula is C27H45N3O4. The highest BCUT2D eigenvalue weighted by Gasteiger charge is 2.35. The van der Waals surface area contributed by atoms with Gasteiger partial charge in [0.25, 0.3) is 0 Å². The Morgan fingerprint density at radius 3 is 2.50 bits per heavy atom. The number of likely N-dealkylation sites (N-methyl/N-ethyl adjacent to an activating group) is 1. The molecule has 0 radical (unpaired) electrons. The number of hydrogen-bond donors (Lipinski definition) is 1. The average Bonchev–Trinajstić information content (AvgIpc) is 3.27. The molecule has 1 amide bonds. The van der Waals surface area contributed by atoms with E-state index in [1.165, 1.54) is 0 Å². The highest BCUT2D eigenvalue weighted by molar-refractivity contribution is 5.96. The van der Waals surface area contributed by atoms with Crippen LogP contribution in [0.15, 0.2) is 34.8 Å². The molecule has 7 heteroatoms. The second kappa shape index (κ2) is 12.0. The lowest BCUT2D eigenvalue weighted by Crippen LogP contribution is -2.52. The van der Waals surface area contributed by atoms with E-state index in [2.05, 4.69) is 41.9 Å². The Bertz CT molecular complexity index is 846. The Kier molecular flexibility index (Phi) is 9.95. The minimum Gasteiger partial charge on any atom is -0.466 e. The number of nitrogens with zero attached hydrogens (tertiary/aromatic N) is 2. The minimum absolute atomic E-state index is 0.137. The van der Waals surface area contributed by atoms with Crippen molar-refractivity contribution in [3.05, 3.63) is 35.9 Å². The van der Waals surface area contributed by atoms with Crippen LogP contribution in [0.5, 0.6) is 0 Å². The van der Waals surface area contributed by atoms with Crippen molar-refractivity contribution in [1.82, 2.24) is 10.1 Å². The van der Waals surface area contributed by atoms with Crippen molar-refractivity contribution in [3.63, 3.8) is 0 Å². The molecule has 1 saturated heterocycles. The summed E-state index contributed by atoms with van der Waals surface area (Å²) in [6, 6.07) is 1.75. The summed E-state index contributed by atoms with van der Waals surface area (Å²) >= 11 is 0. The Hall–Kier alpha value is -2.12. The normalized spacial score (nSPS) is 16.2. The largest absolute Gasteiger partial charge is 0.466 e. The molecule has 0 spiro atoms. The van der Waals surface area contributed by atoms with Crippen molar-refractivity contribution in [2.24, 2.45) is 11.8 Å². The summed E-state index contributed by atoms with van der Waals surface area (Å²) in [7, 11) is 1.99. The number of rotatable bonds is 12. The Labute approximate surface area is 205 Å². The van der Waals surface area contributed by atoms with Gasteiger partial charge in [-0.2, -0.15) is 0 Å². The Morgan fingerprint density at radius 2 is 1.91 bits per heavy atom. The molecule has 0 bridgehead atoms. The number of amides is 1. The fraction of sp³-hybridized carbons (Fsp3) is 0.704. The molecule has 7 nitrogen and oxygen atoms in total. The summed E-state index contributed by atoms with van der Waals surface area (Å²) in [5.41, 5.74) is -0.647. The van der Waals surface area contributed by atoms with Gasteiger partial charge >= 0.3 is 0 Å². The van der Waals surface area contributed by atoms with Crippen molar-refractivity contribution in [1.29, 1.82) is 0 Å². The molecule has 1 aliphatic heterocycles. The number of carbonyl (C=O) groups excluding carboxylic acids is 1. The maximum Gasteiger partial charge on any atom is 0.246 e. The van der Waals surface area contributed by atoms with Gasteiger partial charge in [-0.1, -0.05) is 25.6 Å². The topological polar surface area (TPSA) is 76.8 Å². The SMILES string of the molecule is C=C(O/C(C)=C\C(CC)CC)C(C)(C)c1cc(NC(=O)C(C)(C)N(C)CC2CCOCC2)on1. The number of anilines is 1. The van der Waals surface area contributed by atoms with Gasteiger partial charge in [0, 0.05) is 25.8 Å². The predicted molar refractivity (Wildman–Crippen MR) is 136 cm³/mol. The van der Waals surface area contributed by atoms with Crippen LogP contribution in [0.3, 0.4) is 0 Å². The summed E-state index contributed by atoms with van der Waals surface area (Å²) in [6.45, 7) is 20.7. The van der Waals surface area contributed by atoms with Crippen LogP contribution in [0.4, 0.5) is 5.88 Å². The highest BCUT2D eigenvalue weighted by atomic mass is 16.5. The number of allylic oxidation sites excluding steroid dienone is 3. The van der Waals surface area contributed by atoms with E-state index in [0.717, 1.165) is 51.2 Å². The van der Waals surface area contributed by atoms with Gasteiger partial charge in [-0.25, -0.2) is 0 Å². The molecule has 2 heterocycles. The third-order valence-corrected chi connectivity index (χ3v) is 7.27. The first-order chi connectivity index (χ1) is 15.9. The number of carbonyl (C=O) groups is 1. The van der Waals surface area contributed by atoms with Gasteiger partial charge in [0.15, 0.2) is 0 Å². The molecule has 34 heavy (non-hydrogen) atoms. The van der Waals surface area contributed by atoms with E-state index in [4.69, 9.17) is 14.0 Å². The summed E-state index contributed by atoms with van der Waals surface area (Å²) in [4.78, 5) is 15.2. The van der Waals surface area contributed by atoms with Crippen molar-refractivity contribution in [2.75, 3.05) is 32.1 Å². The highest BCUT2D eigenvalue weighted by Crippen LogP contribution is 2.33. The zero-order chi connectivity index (χ0) is 25.5. The van der Waals surface area contributed by atoms with Crippen LogP contribution in [0.25, 0.3) is 0 Å². The summed E-state index contributed by atoms with van der Waals surface area (Å²) < 4.78 is 17.0. The van der Waals surface area contributed by atoms with Crippen LogP contribution < -0.4 is 5.32 Å². The third kappa shape index (κ3) is 7.19. The van der Waals surface area contributed by atoms with Gasteiger partial charge in [0.2, 0.25) is 11.8 Å². The molecule has 0 unspecified atom stereocenters. The number of aromatic nitrogens is 1. The standard InChI is InChI=1S/C27H45N3O4/c1-10-21(11-2)16-19(3)33-20(4)26(5,6)23-17-24(34-29-23)28-25(31)27(7,8)30(9)18-22-12-14-32-15-13-22/h16-17,21-22H,4,10-15,18H2,1-3,5-9H3,(H,28,31)/b19-16-. The molecule has 0 atom stereocenters. The van der Waals surface area contributed by atoms with E-state index >= 15 is 0 Å². The quantitative estimate of drug-likeness (QED) is 0.379. The Morgan fingerprint density at radius 1 is 1.29 bits per heavy atom. The lowest BCUT2D eigenvalue weighted by Gasteiger charge is -2.37. The number of nitrogens with one attached hydrogen (secondary N) is 1. The lowest BCUT2D eigenvalue weighted by atomic mass is 9.87. The van der Waals surface area contributed by atoms with Gasteiger partial charge in [-0.15, -0.1) is 0 Å². The lowest BCUT2D eigenvalue weighted by molar-refractivity contribution is -0.126. The molecule has 0 aromatic carbocycles. The van der Waals surface area contributed by atoms with Crippen LogP contribution in [0.2, 0.25) is 0 Å². The average molecular weight is 476 g/mol.